The standard InChI is InChI=1S/C22H50N4S2/c1-25(17-13-9-5-3-7-11-15-23)19-21-27-28-22-20-26(2)18-14-10-6-4-8-12-16-24/h3-24H2,1-2H3. The van der Waals surface area contributed by atoms with Gasteiger partial charge in [-0.25, -0.2) is 0 Å². The fourth-order valence-corrected chi connectivity index (χ4v) is 5.36. The van der Waals surface area contributed by atoms with Crippen molar-refractivity contribution >= 4 is 21.6 Å². The highest BCUT2D eigenvalue weighted by Crippen LogP contribution is 2.20. The average Bonchev–Trinajstić information content (AvgIpc) is 2.69. The van der Waals surface area contributed by atoms with Crippen molar-refractivity contribution in [3.8, 4) is 0 Å². The van der Waals surface area contributed by atoms with Crippen LogP contribution in [0.25, 0.3) is 0 Å². The minimum atomic E-state index is 0.852. The molecule has 0 aliphatic heterocycles. The Bertz CT molecular complexity index is 268. The lowest BCUT2D eigenvalue weighted by atomic mass is 10.1. The van der Waals surface area contributed by atoms with E-state index in [0.717, 1.165) is 13.1 Å². The van der Waals surface area contributed by atoms with Gasteiger partial charge in [0, 0.05) is 24.6 Å². The third-order valence-electron chi connectivity index (χ3n) is 5.18. The number of nitrogens with zero attached hydrogens (tertiary/aromatic N) is 2. The predicted molar refractivity (Wildman–Crippen MR) is 133 cm³/mol. The molecule has 0 aromatic carbocycles. The van der Waals surface area contributed by atoms with Gasteiger partial charge < -0.3 is 21.3 Å². The summed E-state index contributed by atoms with van der Waals surface area (Å²) in [6.07, 6.45) is 15.9. The molecule has 170 valence electrons. The van der Waals surface area contributed by atoms with Gasteiger partial charge >= 0.3 is 0 Å². The van der Waals surface area contributed by atoms with E-state index in [4.69, 9.17) is 11.5 Å². The Labute approximate surface area is 184 Å². The molecule has 0 aromatic heterocycles. The topological polar surface area (TPSA) is 58.5 Å². The van der Waals surface area contributed by atoms with Gasteiger partial charge in [0.15, 0.2) is 0 Å². The summed E-state index contributed by atoms with van der Waals surface area (Å²) in [7, 11) is 8.62. The van der Waals surface area contributed by atoms with E-state index in [2.05, 4.69) is 23.9 Å². The van der Waals surface area contributed by atoms with Gasteiger partial charge in [-0.2, -0.15) is 0 Å². The van der Waals surface area contributed by atoms with Gasteiger partial charge in [-0.05, 0) is 66.0 Å². The van der Waals surface area contributed by atoms with Crippen LogP contribution in [0.1, 0.15) is 77.0 Å². The largest absolute Gasteiger partial charge is 0.330 e. The summed E-state index contributed by atoms with van der Waals surface area (Å²) in [5.41, 5.74) is 11.1. The Balaban J connectivity index is 3.25. The summed E-state index contributed by atoms with van der Waals surface area (Å²) in [6.45, 7) is 6.62. The molecule has 0 saturated carbocycles. The monoisotopic (exact) mass is 434 g/mol. The van der Waals surface area contributed by atoms with Crippen LogP contribution in [0.4, 0.5) is 0 Å². The van der Waals surface area contributed by atoms with E-state index in [-0.39, 0.29) is 0 Å². The van der Waals surface area contributed by atoms with Gasteiger partial charge in [0.05, 0.1) is 0 Å². The Morgan fingerprint density at radius 2 is 0.786 bits per heavy atom. The molecule has 4 N–H and O–H groups in total. The average molecular weight is 435 g/mol. The number of nitrogens with two attached hydrogens (primary N) is 2. The Morgan fingerprint density at radius 3 is 1.14 bits per heavy atom. The van der Waals surface area contributed by atoms with E-state index >= 15 is 0 Å². The molecule has 4 nitrogen and oxygen atoms in total. The van der Waals surface area contributed by atoms with E-state index in [1.807, 2.05) is 21.6 Å². The number of rotatable bonds is 23. The van der Waals surface area contributed by atoms with Crippen LogP contribution in [-0.4, -0.2) is 74.7 Å². The fourth-order valence-electron chi connectivity index (χ4n) is 3.19. The van der Waals surface area contributed by atoms with Gasteiger partial charge in [0.1, 0.15) is 0 Å². The molecular weight excluding hydrogens is 384 g/mol. The van der Waals surface area contributed by atoms with Crippen LogP contribution >= 0.6 is 21.6 Å². The molecule has 0 unspecified atom stereocenters. The molecule has 0 heterocycles. The normalized spacial score (nSPS) is 11.8. The van der Waals surface area contributed by atoms with Crippen LogP contribution in [0.2, 0.25) is 0 Å². The first kappa shape index (κ1) is 28.5. The lowest BCUT2D eigenvalue weighted by Gasteiger charge is -2.17. The molecule has 0 aliphatic carbocycles. The number of hydrogen-bond acceptors (Lipinski definition) is 6. The summed E-state index contributed by atoms with van der Waals surface area (Å²) in [6, 6.07) is 0. The van der Waals surface area contributed by atoms with Crippen molar-refractivity contribution < 1.29 is 0 Å². The minimum Gasteiger partial charge on any atom is -0.330 e. The lowest BCUT2D eigenvalue weighted by molar-refractivity contribution is 0.343. The number of hydrogen-bond donors (Lipinski definition) is 2. The number of unbranched alkanes of at least 4 members (excludes halogenated alkanes) is 10. The van der Waals surface area contributed by atoms with Crippen molar-refractivity contribution in [2.75, 3.05) is 64.9 Å². The predicted octanol–water partition coefficient (Wildman–Crippen LogP) is 4.83. The molecule has 0 bridgehead atoms. The second kappa shape index (κ2) is 23.8. The molecule has 0 fully saturated rings. The maximum Gasteiger partial charge on any atom is 0.0165 e. The molecular formula is C22H50N4S2. The third kappa shape index (κ3) is 22.8. The molecule has 6 heteroatoms. The fraction of sp³-hybridized carbons (Fsp3) is 1.00. The SMILES string of the molecule is CN(CCCCCCCCN)CCSSCCN(C)CCCCCCCCN. The first-order valence-electron chi connectivity index (χ1n) is 11.7. The van der Waals surface area contributed by atoms with Crippen LogP contribution < -0.4 is 11.5 Å². The molecule has 0 aromatic rings. The van der Waals surface area contributed by atoms with Crippen molar-refractivity contribution in [3.05, 3.63) is 0 Å². The van der Waals surface area contributed by atoms with Crippen LogP contribution in [0.15, 0.2) is 0 Å². The maximum absolute atomic E-state index is 5.53. The Kier molecular flexibility index (Phi) is 24.3. The van der Waals surface area contributed by atoms with E-state index in [9.17, 15) is 0 Å². The zero-order valence-corrected chi connectivity index (χ0v) is 20.6. The van der Waals surface area contributed by atoms with Crippen LogP contribution in [-0.2, 0) is 0 Å². The molecule has 0 aliphatic rings. The van der Waals surface area contributed by atoms with Gasteiger partial charge in [-0.1, -0.05) is 73.0 Å². The summed E-state index contributed by atoms with van der Waals surface area (Å²) in [5.74, 6) is 2.48. The Morgan fingerprint density at radius 1 is 0.464 bits per heavy atom. The smallest absolute Gasteiger partial charge is 0.0165 e. The van der Waals surface area contributed by atoms with Gasteiger partial charge in [-0.15, -0.1) is 0 Å². The molecule has 0 rings (SSSR count). The van der Waals surface area contributed by atoms with Gasteiger partial charge in [0.2, 0.25) is 0 Å². The minimum absolute atomic E-state index is 0.852. The van der Waals surface area contributed by atoms with Crippen LogP contribution in [0.3, 0.4) is 0 Å². The highest BCUT2D eigenvalue weighted by atomic mass is 33.1. The van der Waals surface area contributed by atoms with E-state index < -0.39 is 0 Å². The summed E-state index contributed by atoms with van der Waals surface area (Å²) < 4.78 is 0. The third-order valence-corrected chi connectivity index (χ3v) is 7.55. The van der Waals surface area contributed by atoms with Crippen molar-refractivity contribution in [1.82, 2.24) is 9.80 Å². The molecule has 0 atom stereocenters. The van der Waals surface area contributed by atoms with Gasteiger partial charge in [-0.3, -0.25) is 0 Å². The summed E-state index contributed by atoms with van der Waals surface area (Å²) in [4.78, 5) is 4.99. The molecule has 28 heavy (non-hydrogen) atoms. The van der Waals surface area contributed by atoms with Crippen LogP contribution in [0, 0.1) is 0 Å². The van der Waals surface area contributed by atoms with Crippen molar-refractivity contribution in [2.45, 2.75) is 77.0 Å². The highest BCUT2D eigenvalue weighted by molar-refractivity contribution is 8.76. The first-order chi connectivity index (χ1) is 13.7. The zero-order chi connectivity index (χ0) is 20.7. The summed E-state index contributed by atoms with van der Waals surface area (Å²) >= 11 is 0. The molecule has 0 radical (unpaired) electrons. The first-order valence-corrected chi connectivity index (χ1v) is 14.2. The lowest BCUT2D eigenvalue weighted by Crippen LogP contribution is -2.23. The van der Waals surface area contributed by atoms with E-state index in [1.165, 1.54) is 115 Å². The Hall–Kier alpha value is 0.540. The molecule has 0 spiro atoms. The zero-order valence-electron chi connectivity index (χ0n) is 19.0. The van der Waals surface area contributed by atoms with Crippen molar-refractivity contribution in [1.29, 1.82) is 0 Å². The van der Waals surface area contributed by atoms with Crippen LogP contribution in [0.5, 0.6) is 0 Å². The quantitative estimate of drug-likeness (QED) is 0.177. The van der Waals surface area contributed by atoms with E-state index in [1.54, 1.807) is 0 Å². The second-order valence-electron chi connectivity index (χ2n) is 8.07. The molecule has 0 amide bonds. The maximum atomic E-state index is 5.53. The van der Waals surface area contributed by atoms with Crippen molar-refractivity contribution in [2.24, 2.45) is 11.5 Å². The van der Waals surface area contributed by atoms with E-state index in [0.29, 0.717) is 0 Å². The second-order valence-corrected chi connectivity index (χ2v) is 10.8. The summed E-state index contributed by atoms with van der Waals surface area (Å²) in [5, 5.41) is 0. The molecule has 0 saturated heterocycles. The van der Waals surface area contributed by atoms with Crippen molar-refractivity contribution in [3.63, 3.8) is 0 Å². The highest BCUT2D eigenvalue weighted by Gasteiger charge is 2.01. The van der Waals surface area contributed by atoms with Gasteiger partial charge in [0.25, 0.3) is 0 Å².